The monoisotopic (exact) mass is 937 g/mol. The molecule has 1 aromatic heterocycles. The van der Waals surface area contributed by atoms with Crippen molar-refractivity contribution in [3.05, 3.63) is 54.5 Å². The smallest absolute Gasteiger partial charge is 0.410 e. The maximum atomic E-state index is 14.7. The van der Waals surface area contributed by atoms with Crippen LogP contribution in [-0.4, -0.2) is 149 Å². The predicted octanol–water partition coefficient (Wildman–Crippen LogP) is 6.01. The number of benzene rings is 1. The molecular formula is C49H72N6O12. The SMILES string of the molecule is CC[C@H]1OC(=O)[C@H](C)[C@@H](OC(=O)N(CC)CC)[C@H](C)[C@@H](O[C@@H]2O[C@H](C)C[C@H](N(C)C)[C@H]2O)[C@](C)(OC(=O)NC/C=C/c2ccc(-c3cnccn3)cc2)C[C@@H](C)C(=O)[C@H](C)[C@H]2NC(=O)O[C@@]21C. The number of amides is 3. The number of carbonyl (C=O) groups excluding carboxylic acids is 5. The molecule has 4 heterocycles. The minimum absolute atomic E-state index is 0.0471. The van der Waals surface area contributed by atoms with Crippen molar-refractivity contribution in [3.63, 3.8) is 0 Å². The number of alkyl carbamates (subject to hydrolysis) is 2. The molecule has 1 aromatic carbocycles. The van der Waals surface area contributed by atoms with E-state index < -0.39 is 102 Å². The molecule has 67 heavy (non-hydrogen) atoms. The molecule has 18 nitrogen and oxygen atoms in total. The van der Waals surface area contributed by atoms with E-state index in [9.17, 15) is 29.1 Å². The number of hydrogen-bond acceptors (Lipinski definition) is 15. The molecule has 0 aliphatic carbocycles. The van der Waals surface area contributed by atoms with Gasteiger partial charge in [0.15, 0.2) is 11.9 Å². The standard InChI is InChI=1S/C49H72N6O12/c1-13-37-49(10)41(53-46(60)67-49)30(6)38(56)28(4)26-48(9,66-45(59)52-22-16-17-33-18-20-34(21-19-33)35-27-50-23-24-51-35)42(65-44-39(57)36(54(11)12)25-29(5)62-44)31(7)40(32(8)43(58)63-37)64-47(61)55(14-2)15-3/h16-21,23-24,27-32,36-37,39-42,44,57H,13-15,22,25-26H2,1-12H3,(H,52,59)(H,53,60)/b17-16+/t28-,29-,30+,31+,32-,36+,37-,39-,40+,41-,42-,44+,48-,49-/m1/s1. The Balaban J connectivity index is 1.58. The van der Waals surface area contributed by atoms with Gasteiger partial charge in [-0.15, -0.1) is 0 Å². The van der Waals surface area contributed by atoms with Crippen LogP contribution in [0.4, 0.5) is 14.4 Å². The third-order valence-corrected chi connectivity index (χ3v) is 13.7. The van der Waals surface area contributed by atoms with Crippen LogP contribution in [0, 0.1) is 23.7 Å². The zero-order valence-corrected chi connectivity index (χ0v) is 41.1. The Labute approximate surface area is 394 Å². The van der Waals surface area contributed by atoms with Crippen LogP contribution in [-0.2, 0) is 38.0 Å². The maximum Gasteiger partial charge on any atom is 0.410 e. The van der Waals surface area contributed by atoms with E-state index in [1.807, 2.05) is 56.3 Å². The van der Waals surface area contributed by atoms with Gasteiger partial charge in [0.05, 0.1) is 30.0 Å². The van der Waals surface area contributed by atoms with Crippen molar-refractivity contribution in [2.45, 2.75) is 149 Å². The van der Waals surface area contributed by atoms with Crippen molar-refractivity contribution < 1.29 is 57.5 Å². The number of ketones is 1. The molecule has 14 atom stereocenters. The lowest BCUT2D eigenvalue weighted by Gasteiger charge is -2.48. The second-order valence-electron chi connectivity index (χ2n) is 18.8. The summed E-state index contributed by atoms with van der Waals surface area (Å²) in [6, 6.07) is 6.34. The highest BCUT2D eigenvalue weighted by atomic mass is 16.7. The first-order chi connectivity index (χ1) is 31.7. The summed E-state index contributed by atoms with van der Waals surface area (Å²) in [6.07, 6.45) is 0.229. The molecule has 3 fully saturated rings. The van der Waals surface area contributed by atoms with E-state index in [-0.39, 0.29) is 31.3 Å². The number of aliphatic hydroxyl groups is 1. The highest BCUT2D eigenvalue weighted by Gasteiger charge is 2.58. The molecule has 2 aromatic rings. The van der Waals surface area contributed by atoms with Crippen molar-refractivity contribution in [3.8, 4) is 11.3 Å². The van der Waals surface area contributed by atoms with Crippen LogP contribution in [0.15, 0.2) is 48.9 Å². The molecule has 0 bridgehead atoms. The number of carbonyl (C=O) groups is 5. The number of fused-ring (bicyclic) bond motifs is 1. The average molecular weight is 937 g/mol. The van der Waals surface area contributed by atoms with Gasteiger partial charge in [0.25, 0.3) is 0 Å². The van der Waals surface area contributed by atoms with E-state index in [2.05, 4.69) is 20.6 Å². The second kappa shape index (κ2) is 22.8. The van der Waals surface area contributed by atoms with Crippen molar-refractivity contribution in [1.82, 2.24) is 30.4 Å². The zero-order chi connectivity index (χ0) is 49.4. The summed E-state index contributed by atoms with van der Waals surface area (Å²) in [6.45, 7) is 17.8. The van der Waals surface area contributed by atoms with Gasteiger partial charge in [-0.05, 0) is 80.5 Å². The van der Waals surface area contributed by atoms with Crippen LogP contribution in [0.3, 0.4) is 0 Å². The molecule has 3 aliphatic heterocycles. The van der Waals surface area contributed by atoms with Crippen molar-refractivity contribution in [2.24, 2.45) is 23.7 Å². The second-order valence-corrected chi connectivity index (χ2v) is 18.8. The summed E-state index contributed by atoms with van der Waals surface area (Å²) < 4.78 is 38.0. The van der Waals surface area contributed by atoms with Gasteiger partial charge in [0, 0.05) is 61.4 Å². The number of cyclic esters (lactones) is 1. The van der Waals surface area contributed by atoms with E-state index in [0.717, 1.165) is 16.8 Å². The van der Waals surface area contributed by atoms with Crippen molar-refractivity contribution in [1.29, 1.82) is 0 Å². The van der Waals surface area contributed by atoms with Gasteiger partial charge < -0.3 is 54.0 Å². The number of likely N-dealkylation sites (N-methyl/N-ethyl adjacent to an activating group) is 1. The molecule has 0 unspecified atom stereocenters. The Morgan fingerprint density at radius 2 is 1.69 bits per heavy atom. The molecular weight excluding hydrogens is 865 g/mol. The average Bonchev–Trinajstić information content (AvgIpc) is 3.61. The van der Waals surface area contributed by atoms with Gasteiger partial charge in [-0.1, -0.05) is 64.1 Å². The molecule has 0 radical (unpaired) electrons. The number of hydrogen-bond donors (Lipinski definition) is 3. The Morgan fingerprint density at radius 1 is 1.00 bits per heavy atom. The molecule has 5 rings (SSSR count). The normalized spacial score (nSPS) is 34.0. The molecule has 0 saturated carbocycles. The lowest BCUT2D eigenvalue weighted by Crippen LogP contribution is -2.61. The van der Waals surface area contributed by atoms with Crippen molar-refractivity contribution >= 4 is 36.1 Å². The fourth-order valence-electron chi connectivity index (χ4n) is 9.91. The van der Waals surface area contributed by atoms with Crippen molar-refractivity contribution in [2.75, 3.05) is 33.7 Å². The van der Waals surface area contributed by atoms with E-state index in [0.29, 0.717) is 19.5 Å². The number of aliphatic hydroxyl groups excluding tert-OH is 1. The van der Waals surface area contributed by atoms with Gasteiger partial charge in [-0.2, -0.15) is 0 Å². The molecule has 3 N–H and O–H groups in total. The van der Waals surface area contributed by atoms with Gasteiger partial charge >= 0.3 is 24.2 Å². The van der Waals surface area contributed by atoms with Gasteiger partial charge in [0.2, 0.25) is 0 Å². The largest absolute Gasteiger partial charge is 0.458 e. The number of rotatable bonds is 12. The number of nitrogens with zero attached hydrogens (tertiary/aromatic N) is 4. The Morgan fingerprint density at radius 3 is 2.30 bits per heavy atom. The lowest BCUT2D eigenvalue weighted by molar-refractivity contribution is -0.298. The lowest BCUT2D eigenvalue weighted by atomic mass is 9.73. The fourth-order valence-corrected chi connectivity index (χ4v) is 9.91. The number of aromatic nitrogens is 2. The van der Waals surface area contributed by atoms with Gasteiger partial charge in [0.1, 0.15) is 35.8 Å². The Kier molecular flexibility index (Phi) is 17.9. The number of esters is 1. The van der Waals surface area contributed by atoms with Crippen LogP contribution in [0.2, 0.25) is 0 Å². The summed E-state index contributed by atoms with van der Waals surface area (Å²) >= 11 is 0. The third-order valence-electron chi connectivity index (χ3n) is 13.7. The summed E-state index contributed by atoms with van der Waals surface area (Å²) in [5.41, 5.74) is -0.730. The molecule has 3 aliphatic rings. The highest BCUT2D eigenvalue weighted by Crippen LogP contribution is 2.42. The fraction of sp³-hybridized carbons (Fsp3) is 0.653. The maximum absolute atomic E-state index is 14.7. The summed E-state index contributed by atoms with van der Waals surface area (Å²) in [7, 11) is 3.68. The van der Waals surface area contributed by atoms with Crippen LogP contribution >= 0.6 is 0 Å². The molecule has 0 spiro atoms. The first kappa shape index (κ1) is 52.8. The number of Topliss-reactive ketones (excluding diaryl/α,β-unsaturated/α-hetero) is 1. The first-order valence-corrected chi connectivity index (χ1v) is 23.5. The van der Waals surface area contributed by atoms with E-state index in [4.69, 9.17) is 28.4 Å². The summed E-state index contributed by atoms with van der Waals surface area (Å²) in [5, 5.41) is 17.4. The Hall–Kier alpha value is -5.17. The molecule has 370 valence electrons. The van der Waals surface area contributed by atoms with Gasteiger partial charge in [-0.25, -0.2) is 14.4 Å². The van der Waals surface area contributed by atoms with Gasteiger partial charge in [-0.3, -0.25) is 19.6 Å². The number of nitrogens with one attached hydrogen (secondary N) is 2. The highest BCUT2D eigenvalue weighted by molar-refractivity contribution is 5.85. The molecule has 3 amide bonds. The first-order valence-electron chi connectivity index (χ1n) is 23.5. The minimum atomic E-state index is -1.76. The molecule has 18 heteroatoms. The van der Waals surface area contributed by atoms with Crippen LogP contribution < -0.4 is 10.6 Å². The van der Waals surface area contributed by atoms with E-state index in [1.54, 1.807) is 87.0 Å². The van der Waals surface area contributed by atoms with E-state index in [1.165, 1.54) is 4.90 Å². The quantitative estimate of drug-likeness (QED) is 0.164. The van der Waals surface area contributed by atoms with Crippen LogP contribution in [0.5, 0.6) is 0 Å². The summed E-state index contributed by atoms with van der Waals surface area (Å²) in [5.74, 6) is -4.99. The van der Waals surface area contributed by atoms with Crippen LogP contribution in [0.25, 0.3) is 17.3 Å². The van der Waals surface area contributed by atoms with E-state index >= 15 is 0 Å². The predicted molar refractivity (Wildman–Crippen MR) is 248 cm³/mol. The minimum Gasteiger partial charge on any atom is -0.458 e. The topological polar surface area (TPSA) is 217 Å². The Bertz CT molecular complexity index is 2040. The summed E-state index contributed by atoms with van der Waals surface area (Å²) in [4.78, 5) is 82.1. The third kappa shape index (κ3) is 12.3. The zero-order valence-electron chi connectivity index (χ0n) is 41.1. The van der Waals surface area contributed by atoms with Crippen LogP contribution in [0.1, 0.15) is 94.1 Å². The number of ether oxygens (including phenoxy) is 6. The molecule has 3 saturated heterocycles.